The number of carboxylic acid groups (broad SMARTS) is 2. The van der Waals surface area contributed by atoms with Gasteiger partial charge in [-0.2, -0.15) is 0 Å². The molecule has 2 saturated heterocycles. The maximum atomic E-state index is 13.5. The van der Waals surface area contributed by atoms with Crippen molar-refractivity contribution < 1.29 is 49.1 Å². The minimum Gasteiger partial charge on any atom is -0.481 e. The number of allylic oxidation sites excluding steroid dienone is 8. The Labute approximate surface area is 406 Å². The van der Waals surface area contributed by atoms with Crippen LogP contribution in [0.1, 0.15) is 173 Å². The summed E-state index contributed by atoms with van der Waals surface area (Å²) in [5.41, 5.74) is -1.70. The summed E-state index contributed by atoms with van der Waals surface area (Å²) in [5, 5.41) is 42.7. The van der Waals surface area contributed by atoms with E-state index in [4.69, 9.17) is 9.47 Å². The molecule has 6 saturated carbocycles. The van der Waals surface area contributed by atoms with Crippen molar-refractivity contribution in [2.75, 3.05) is 0 Å². The molecule has 10 aliphatic rings. The molecule has 0 aromatic carbocycles. The largest absolute Gasteiger partial charge is 0.481 e. The van der Waals surface area contributed by atoms with Crippen molar-refractivity contribution in [3.63, 3.8) is 0 Å². The van der Waals surface area contributed by atoms with Gasteiger partial charge in [0, 0.05) is 12.8 Å². The van der Waals surface area contributed by atoms with Gasteiger partial charge in [-0.05, 0) is 185 Å². The molecule has 18 atom stereocenters. The summed E-state index contributed by atoms with van der Waals surface area (Å²) in [4.78, 5) is 53.3. The van der Waals surface area contributed by atoms with Gasteiger partial charge in [0.15, 0.2) is 0 Å². The van der Waals surface area contributed by atoms with Crippen LogP contribution in [0.15, 0.2) is 47.6 Å². The fraction of sp³-hybridized carbons (Fsp3) is 0.793. The molecule has 10 nitrogen and oxygen atoms in total. The zero-order valence-corrected chi connectivity index (χ0v) is 43.4. The number of rotatable bonds is 4. The number of hydrogen-bond donors (Lipinski definition) is 4. The number of aliphatic carboxylic acids is 2. The predicted octanol–water partition coefficient (Wildman–Crippen LogP) is 11.5. The number of aliphatic hydroxyl groups is 2. The van der Waals surface area contributed by atoms with E-state index in [0.717, 1.165) is 62.5 Å². The molecule has 2 spiro atoms. The number of carbonyl (C=O) groups excluding carboxylic acids is 2. The Bertz CT molecular complexity index is 2110. The van der Waals surface area contributed by atoms with E-state index >= 15 is 0 Å². The van der Waals surface area contributed by atoms with E-state index < -0.39 is 46.2 Å². The molecule has 0 amide bonds. The van der Waals surface area contributed by atoms with Crippen LogP contribution < -0.4 is 0 Å². The zero-order valence-electron chi connectivity index (χ0n) is 43.4. The second-order valence-electron chi connectivity index (χ2n) is 27.1. The molecule has 2 heterocycles. The molecule has 68 heavy (non-hydrogen) atoms. The van der Waals surface area contributed by atoms with Crippen LogP contribution in [0.2, 0.25) is 0 Å². The van der Waals surface area contributed by atoms with E-state index in [9.17, 15) is 39.6 Å². The maximum absolute atomic E-state index is 13.5. The lowest BCUT2D eigenvalue weighted by Gasteiger charge is -2.68. The van der Waals surface area contributed by atoms with E-state index in [2.05, 4.69) is 91.8 Å². The molecule has 0 radical (unpaired) electrons. The molecular formula is C58H84O10. The van der Waals surface area contributed by atoms with Gasteiger partial charge in [0.1, 0.15) is 0 Å². The highest BCUT2D eigenvalue weighted by atomic mass is 16.6. The average molecular weight is 941 g/mol. The normalized spacial score (nSPS) is 50.8. The number of esters is 2. The number of fused-ring (bicyclic) bond motifs is 10. The lowest BCUT2D eigenvalue weighted by molar-refractivity contribution is -0.226. The third kappa shape index (κ3) is 6.31. The topological polar surface area (TPSA) is 168 Å². The molecule has 0 unspecified atom stereocenters. The standard InChI is InChI=1S/2C29H42O5/c2*1-17(2)15-19-18-7-8-21-26(5)12-11-25(3,4)20(26)9-10-27(21,6)29(18,23(31)32)14-13-28(19)16-22(30)34-24(28)33/h2*11-12,15,18-22,30H,7-10,13-14,16H2,1-6H3,(H,31,32)/t18-,19-,20+,21-,22+,26+,27-,28-,29-;18-,19-,20+,21-,22-,26+,27-,28-,29-/m11/s1. The van der Waals surface area contributed by atoms with Gasteiger partial charge in [-0.1, -0.05) is 103 Å². The van der Waals surface area contributed by atoms with Crippen molar-refractivity contribution >= 4 is 23.9 Å². The zero-order chi connectivity index (χ0) is 49.8. The SMILES string of the molecule is CC(C)=C[C@@H]1[C@H]2CC[C@@H]3[C@@]4(C)C=CC(C)(C)[C@@H]4CC[C@@]3(C)[C@]2(C(=O)O)CC[C@@]12C[C@@H](O)OC2=O.CC(C)=C[C@@H]1[C@H]2CC[C@@H]3[C@@]4(C)C=CC(C)(C)[C@@H]4CC[C@@]3(C)[C@]2(C(=O)O)CC[C@@]12C[C@H](O)OC2=O. The number of cyclic esters (lactones) is 2. The minimum absolute atomic E-state index is 0.00640. The summed E-state index contributed by atoms with van der Waals surface area (Å²) < 4.78 is 10.6. The summed E-state index contributed by atoms with van der Waals surface area (Å²) >= 11 is 0. The van der Waals surface area contributed by atoms with Crippen LogP contribution in [0.5, 0.6) is 0 Å². The first-order valence-electron chi connectivity index (χ1n) is 26.5. The van der Waals surface area contributed by atoms with Crippen LogP contribution in [0, 0.1) is 101 Å². The Morgan fingerprint density at radius 3 is 1.16 bits per heavy atom. The van der Waals surface area contributed by atoms with Crippen LogP contribution in [-0.4, -0.2) is 56.9 Å². The van der Waals surface area contributed by atoms with Gasteiger partial charge in [-0.3, -0.25) is 19.2 Å². The molecule has 10 rings (SSSR count). The van der Waals surface area contributed by atoms with Gasteiger partial charge < -0.3 is 29.9 Å². The first-order chi connectivity index (χ1) is 31.5. The van der Waals surface area contributed by atoms with Gasteiger partial charge in [-0.25, -0.2) is 0 Å². The third-order valence-corrected chi connectivity index (χ3v) is 23.1. The Morgan fingerprint density at radius 2 is 0.868 bits per heavy atom. The molecule has 4 N–H and O–H groups in total. The Balaban J connectivity index is 0.000000170. The van der Waals surface area contributed by atoms with E-state index in [1.54, 1.807) is 0 Å². The predicted molar refractivity (Wildman–Crippen MR) is 259 cm³/mol. The molecule has 8 aliphatic carbocycles. The molecular weight excluding hydrogens is 857 g/mol. The molecule has 376 valence electrons. The number of hydrogen-bond acceptors (Lipinski definition) is 8. The summed E-state index contributed by atoms with van der Waals surface area (Å²) in [6.45, 7) is 26.7. The van der Waals surface area contributed by atoms with Crippen LogP contribution in [0.25, 0.3) is 0 Å². The quantitative estimate of drug-likeness (QED) is 0.157. The second-order valence-corrected chi connectivity index (χ2v) is 27.1. The second kappa shape index (κ2) is 15.6. The molecule has 8 fully saturated rings. The van der Waals surface area contributed by atoms with Crippen LogP contribution in [0.3, 0.4) is 0 Å². The first-order valence-corrected chi connectivity index (χ1v) is 26.5. The molecule has 0 bridgehead atoms. The number of ether oxygens (including phenoxy) is 2. The minimum atomic E-state index is -1.09. The molecule has 2 aliphatic heterocycles. The lowest BCUT2D eigenvalue weighted by Crippen LogP contribution is -2.67. The number of aliphatic hydroxyl groups excluding tert-OH is 2. The summed E-state index contributed by atoms with van der Waals surface area (Å²) in [6, 6.07) is 0. The highest BCUT2D eigenvalue weighted by molar-refractivity contribution is 5.84. The highest BCUT2D eigenvalue weighted by Crippen LogP contribution is 2.78. The summed E-state index contributed by atoms with van der Waals surface area (Å²) in [5.74, 6) is -1.17. The van der Waals surface area contributed by atoms with E-state index in [1.807, 2.05) is 27.7 Å². The Morgan fingerprint density at radius 1 is 0.515 bits per heavy atom. The number of carbonyl (C=O) groups is 4. The van der Waals surface area contributed by atoms with Gasteiger partial charge in [0.05, 0.1) is 21.7 Å². The van der Waals surface area contributed by atoms with Gasteiger partial charge in [0.2, 0.25) is 12.6 Å². The van der Waals surface area contributed by atoms with Crippen molar-refractivity contribution in [3.05, 3.63) is 47.6 Å². The van der Waals surface area contributed by atoms with Gasteiger partial charge in [0.25, 0.3) is 0 Å². The monoisotopic (exact) mass is 941 g/mol. The molecule has 0 aromatic rings. The van der Waals surface area contributed by atoms with Gasteiger partial charge in [-0.15, -0.1) is 0 Å². The van der Waals surface area contributed by atoms with Crippen molar-refractivity contribution in [2.45, 2.75) is 186 Å². The Kier molecular flexibility index (Phi) is 11.4. The summed E-state index contributed by atoms with van der Waals surface area (Å²) in [6.07, 6.45) is 21.5. The van der Waals surface area contributed by atoms with Crippen LogP contribution in [0.4, 0.5) is 0 Å². The maximum Gasteiger partial charge on any atom is 0.315 e. The van der Waals surface area contributed by atoms with Gasteiger partial charge >= 0.3 is 23.9 Å². The number of carboxylic acids is 2. The van der Waals surface area contributed by atoms with Crippen LogP contribution >= 0.6 is 0 Å². The first kappa shape index (κ1) is 49.7. The molecule has 10 heteroatoms. The van der Waals surface area contributed by atoms with Crippen molar-refractivity contribution in [1.82, 2.24) is 0 Å². The van der Waals surface area contributed by atoms with E-state index in [-0.39, 0.29) is 80.9 Å². The van der Waals surface area contributed by atoms with Crippen molar-refractivity contribution in [2.24, 2.45) is 101 Å². The van der Waals surface area contributed by atoms with Crippen molar-refractivity contribution in [3.8, 4) is 0 Å². The smallest absolute Gasteiger partial charge is 0.315 e. The third-order valence-electron chi connectivity index (χ3n) is 23.1. The fourth-order valence-corrected chi connectivity index (χ4v) is 20.4. The van der Waals surface area contributed by atoms with E-state index in [1.165, 1.54) is 0 Å². The van der Waals surface area contributed by atoms with E-state index in [0.29, 0.717) is 49.4 Å². The highest BCUT2D eigenvalue weighted by Gasteiger charge is 2.77. The Hall–Kier alpha value is -3.24. The van der Waals surface area contributed by atoms with Crippen LogP contribution in [-0.2, 0) is 28.7 Å². The fourth-order valence-electron chi connectivity index (χ4n) is 20.4. The van der Waals surface area contributed by atoms with Crippen molar-refractivity contribution in [1.29, 1.82) is 0 Å². The lowest BCUT2D eigenvalue weighted by atomic mass is 9.34. The molecule has 0 aromatic heterocycles. The summed E-state index contributed by atoms with van der Waals surface area (Å²) in [7, 11) is 0. The average Bonchev–Trinajstić information content (AvgIpc) is 3.86.